The van der Waals surface area contributed by atoms with Gasteiger partial charge in [-0.3, -0.25) is 4.79 Å². The molecule has 0 spiro atoms. The van der Waals surface area contributed by atoms with E-state index >= 15 is 0 Å². The van der Waals surface area contributed by atoms with E-state index < -0.39 is 0 Å². The smallest absolute Gasteiger partial charge is 0.165 e. The van der Waals surface area contributed by atoms with Gasteiger partial charge in [0.25, 0.3) is 0 Å². The van der Waals surface area contributed by atoms with Crippen molar-refractivity contribution in [3.05, 3.63) is 23.3 Å². The summed E-state index contributed by atoms with van der Waals surface area (Å²) in [5.41, 5.74) is 1.54. The van der Waals surface area contributed by atoms with E-state index in [2.05, 4.69) is 0 Å². The number of rotatable bonds is 3. The van der Waals surface area contributed by atoms with Crippen molar-refractivity contribution in [1.82, 2.24) is 0 Å². The average molecular weight is 248 g/mol. The molecular weight excluding hydrogens is 228 g/mol. The summed E-state index contributed by atoms with van der Waals surface area (Å²) in [4.78, 5) is 12.1. The summed E-state index contributed by atoms with van der Waals surface area (Å²) >= 11 is 0. The molecule has 0 N–H and O–H groups in total. The Morgan fingerprint density at radius 2 is 2.06 bits per heavy atom. The van der Waals surface area contributed by atoms with Gasteiger partial charge in [0.2, 0.25) is 0 Å². The number of benzene rings is 1. The summed E-state index contributed by atoms with van der Waals surface area (Å²) in [6, 6.07) is 3.72. The lowest BCUT2D eigenvalue weighted by Crippen LogP contribution is -2.24. The first-order valence-electron chi connectivity index (χ1n) is 6.28. The van der Waals surface area contributed by atoms with Crippen molar-refractivity contribution in [3.63, 3.8) is 0 Å². The van der Waals surface area contributed by atoms with Gasteiger partial charge in [-0.2, -0.15) is 0 Å². The minimum atomic E-state index is -0.227. The SMILES string of the molecule is COc1cc(C(=O)C(C)C)cc2c1OC(C)(C)C2. The lowest BCUT2D eigenvalue weighted by molar-refractivity contribution is 0.0939. The molecule has 0 saturated heterocycles. The van der Waals surface area contributed by atoms with E-state index in [4.69, 9.17) is 9.47 Å². The van der Waals surface area contributed by atoms with Gasteiger partial charge in [-0.25, -0.2) is 0 Å². The molecule has 1 aromatic rings. The molecule has 3 heteroatoms. The van der Waals surface area contributed by atoms with E-state index in [1.807, 2.05) is 33.8 Å². The van der Waals surface area contributed by atoms with Crippen molar-refractivity contribution in [1.29, 1.82) is 0 Å². The van der Waals surface area contributed by atoms with E-state index in [0.29, 0.717) is 11.3 Å². The third kappa shape index (κ3) is 2.22. The minimum Gasteiger partial charge on any atom is -0.493 e. The van der Waals surface area contributed by atoms with Gasteiger partial charge in [0.15, 0.2) is 17.3 Å². The third-order valence-corrected chi connectivity index (χ3v) is 3.16. The first kappa shape index (κ1) is 12.9. The molecule has 0 amide bonds. The van der Waals surface area contributed by atoms with Crippen LogP contribution in [-0.4, -0.2) is 18.5 Å². The number of hydrogen-bond donors (Lipinski definition) is 0. The maximum atomic E-state index is 12.1. The molecule has 1 aromatic carbocycles. The first-order valence-corrected chi connectivity index (χ1v) is 6.28. The van der Waals surface area contributed by atoms with Crippen LogP contribution in [0.4, 0.5) is 0 Å². The van der Waals surface area contributed by atoms with Gasteiger partial charge in [0, 0.05) is 23.5 Å². The van der Waals surface area contributed by atoms with E-state index in [1.165, 1.54) is 0 Å². The predicted octanol–water partition coefficient (Wildman–Crippen LogP) is 3.25. The summed E-state index contributed by atoms with van der Waals surface area (Å²) in [6.07, 6.45) is 0.803. The van der Waals surface area contributed by atoms with Gasteiger partial charge in [-0.15, -0.1) is 0 Å². The molecule has 0 bridgehead atoms. The summed E-state index contributed by atoms with van der Waals surface area (Å²) < 4.78 is 11.2. The van der Waals surface area contributed by atoms with E-state index in [1.54, 1.807) is 13.2 Å². The van der Waals surface area contributed by atoms with Crippen molar-refractivity contribution in [2.75, 3.05) is 7.11 Å². The summed E-state index contributed by atoms with van der Waals surface area (Å²) in [5.74, 6) is 1.56. The Balaban J connectivity index is 2.48. The number of ketones is 1. The number of ether oxygens (including phenoxy) is 2. The Bertz CT molecular complexity index is 487. The number of Topliss-reactive ketones (excluding diaryl/α,β-unsaturated/α-hetero) is 1. The summed E-state index contributed by atoms with van der Waals surface area (Å²) in [6.45, 7) is 7.89. The van der Waals surface area contributed by atoms with Crippen molar-refractivity contribution in [2.24, 2.45) is 5.92 Å². The fourth-order valence-electron chi connectivity index (χ4n) is 2.31. The molecule has 1 aliphatic heterocycles. The topological polar surface area (TPSA) is 35.5 Å². The van der Waals surface area contributed by atoms with Crippen LogP contribution >= 0.6 is 0 Å². The van der Waals surface area contributed by atoms with Crippen LogP contribution < -0.4 is 9.47 Å². The number of fused-ring (bicyclic) bond motifs is 1. The normalized spacial score (nSPS) is 16.3. The zero-order valence-electron chi connectivity index (χ0n) is 11.7. The molecule has 1 heterocycles. The quantitative estimate of drug-likeness (QED) is 0.770. The molecule has 0 radical (unpaired) electrons. The average Bonchev–Trinajstić information content (AvgIpc) is 2.60. The molecule has 0 saturated carbocycles. The van der Waals surface area contributed by atoms with Crippen molar-refractivity contribution in [2.45, 2.75) is 39.7 Å². The highest BCUT2D eigenvalue weighted by Crippen LogP contribution is 2.42. The first-order chi connectivity index (χ1) is 8.34. The molecule has 0 aromatic heterocycles. The van der Waals surface area contributed by atoms with Gasteiger partial charge in [-0.05, 0) is 26.0 Å². The van der Waals surface area contributed by atoms with Crippen LogP contribution in [0.1, 0.15) is 43.6 Å². The molecule has 3 nitrogen and oxygen atoms in total. The van der Waals surface area contributed by atoms with Gasteiger partial charge in [0.05, 0.1) is 7.11 Å². The zero-order valence-corrected chi connectivity index (χ0v) is 11.7. The van der Waals surface area contributed by atoms with E-state index in [-0.39, 0.29) is 17.3 Å². The van der Waals surface area contributed by atoms with Gasteiger partial charge in [-0.1, -0.05) is 13.8 Å². The van der Waals surface area contributed by atoms with Gasteiger partial charge >= 0.3 is 0 Å². The molecule has 0 unspecified atom stereocenters. The highest BCUT2D eigenvalue weighted by Gasteiger charge is 2.33. The molecular formula is C15H20O3. The highest BCUT2D eigenvalue weighted by molar-refractivity contribution is 5.98. The number of methoxy groups -OCH3 is 1. The lowest BCUT2D eigenvalue weighted by atomic mass is 9.95. The molecule has 1 aliphatic rings. The molecule has 18 heavy (non-hydrogen) atoms. The van der Waals surface area contributed by atoms with Crippen LogP contribution in [-0.2, 0) is 6.42 Å². The second kappa shape index (κ2) is 4.30. The largest absolute Gasteiger partial charge is 0.493 e. The number of carbonyl (C=O) groups is 1. The van der Waals surface area contributed by atoms with Crippen molar-refractivity contribution >= 4 is 5.78 Å². The lowest BCUT2D eigenvalue weighted by Gasteiger charge is -2.17. The van der Waals surface area contributed by atoms with Crippen LogP contribution in [0.5, 0.6) is 11.5 Å². The van der Waals surface area contributed by atoms with Gasteiger partial charge in [0.1, 0.15) is 5.60 Å². The van der Waals surface area contributed by atoms with E-state index in [9.17, 15) is 4.79 Å². The molecule has 2 rings (SSSR count). The second-order valence-electron chi connectivity index (χ2n) is 5.72. The Morgan fingerprint density at radius 3 is 2.61 bits per heavy atom. The molecule has 0 aliphatic carbocycles. The maximum absolute atomic E-state index is 12.1. The van der Waals surface area contributed by atoms with Crippen LogP contribution in [0.25, 0.3) is 0 Å². The fourth-order valence-corrected chi connectivity index (χ4v) is 2.31. The van der Waals surface area contributed by atoms with Crippen LogP contribution in [0, 0.1) is 5.92 Å². The Hall–Kier alpha value is -1.51. The molecule has 98 valence electrons. The summed E-state index contributed by atoms with van der Waals surface area (Å²) in [7, 11) is 1.61. The van der Waals surface area contributed by atoms with Crippen molar-refractivity contribution < 1.29 is 14.3 Å². The van der Waals surface area contributed by atoms with Crippen LogP contribution in [0.15, 0.2) is 12.1 Å². The Kier molecular flexibility index (Phi) is 3.09. The predicted molar refractivity (Wildman–Crippen MR) is 70.6 cm³/mol. The monoisotopic (exact) mass is 248 g/mol. The standard InChI is InChI=1S/C15H20O3/c1-9(2)13(16)10-6-11-8-15(3,4)18-14(11)12(7-10)17-5/h6-7,9H,8H2,1-5H3. The minimum absolute atomic E-state index is 0.0110. The Labute approximate surface area is 108 Å². The zero-order chi connectivity index (χ0) is 13.5. The van der Waals surface area contributed by atoms with Gasteiger partial charge < -0.3 is 9.47 Å². The number of hydrogen-bond acceptors (Lipinski definition) is 3. The summed E-state index contributed by atoms with van der Waals surface area (Å²) in [5, 5.41) is 0. The van der Waals surface area contributed by atoms with Crippen LogP contribution in [0.3, 0.4) is 0 Å². The number of carbonyl (C=O) groups excluding carboxylic acids is 1. The third-order valence-electron chi connectivity index (χ3n) is 3.16. The Morgan fingerprint density at radius 1 is 1.39 bits per heavy atom. The van der Waals surface area contributed by atoms with Crippen molar-refractivity contribution in [3.8, 4) is 11.5 Å². The molecule has 0 atom stereocenters. The fraction of sp³-hybridized carbons (Fsp3) is 0.533. The highest BCUT2D eigenvalue weighted by atomic mass is 16.5. The van der Waals surface area contributed by atoms with Crippen LogP contribution in [0.2, 0.25) is 0 Å². The maximum Gasteiger partial charge on any atom is 0.165 e. The van der Waals surface area contributed by atoms with E-state index in [0.717, 1.165) is 17.7 Å². The second-order valence-corrected chi connectivity index (χ2v) is 5.72. The molecule has 0 fully saturated rings.